The van der Waals surface area contributed by atoms with E-state index in [4.69, 9.17) is 0 Å². The average Bonchev–Trinajstić information content (AvgIpc) is 3.11. The van der Waals surface area contributed by atoms with Crippen molar-refractivity contribution in [3.05, 3.63) is 72.2 Å². The van der Waals surface area contributed by atoms with Crippen molar-refractivity contribution in [3.8, 4) is 11.6 Å². The Bertz CT molecular complexity index is 1020. The van der Waals surface area contributed by atoms with Crippen molar-refractivity contribution < 1.29 is 4.79 Å². The number of hydrogen-bond donors (Lipinski definition) is 1. The predicted molar refractivity (Wildman–Crippen MR) is 89.4 cm³/mol. The molecule has 0 unspecified atom stereocenters. The van der Waals surface area contributed by atoms with Gasteiger partial charge in [-0.3, -0.25) is 4.79 Å². The molecule has 0 bridgehead atoms. The summed E-state index contributed by atoms with van der Waals surface area (Å²) in [7, 11) is 0. The number of fused-ring (bicyclic) bond motifs is 1. The van der Waals surface area contributed by atoms with Crippen LogP contribution in [0.15, 0.2) is 60.9 Å². The van der Waals surface area contributed by atoms with Crippen LogP contribution >= 0.6 is 0 Å². The summed E-state index contributed by atoms with van der Waals surface area (Å²) in [5, 5.41) is 15.2. The summed E-state index contributed by atoms with van der Waals surface area (Å²) in [4.78, 5) is 20.7. The summed E-state index contributed by atoms with van der Waals surface area (Å²) in [6.07, 6.45) is 3.22. The fourth-order valence-corrected chi connectivity index (χ4v) is 2.33. The van der Waals surface area contributed by atoms with E-state index in [0.29, 0.717) is 23.8 Å². The number of carbonyl (C=O) groups excluding carboxylic acids is 1. The summed E-state index contributed by atoms with van der Waals surface area (Å²) >= 11 is 0. The highest BCUT2D eigenvalue weighted by molar-refractivity contribution is 5.92. The second-order valence-electron chi connectivity index (χ2n) is 5.25. The number of hydrogen-bond acceptors (Lipinski definition) is 6. The molecule has 4 aromatic rings. The molecule has 8 heteroatoms. The Balaban J connectivity index is 1.61. The topological polar surface area (TPSA) is 98.0 Å². The molecule has 0 fully saturated rings. The Morgan fingerprint density at radius 3 is 2.56 bits per heavy atom. The van der Waals surface area contributed by atoms with Gasteiger partial charge in [0.1, 0.15) is 5.69 Å². The number of aromatic nitrogens is 6. The molecule has 1 amide bonds. The Labute approximate surface area is 142 Å². The van der Waals surface area contributed by atoms with E-state index < -0.39 is 0 Å². The van der Waals surface area contributed by atoms with E-state index >= 15 is 0 Å². The highest BCUT2D eigenvalue weighted by Gasteiger charge is 2.14. The molecule has 1 aromatic carbocycles. The van der Waals surface area contributed by atoms with Gasteiger partial charge in [0.2, 0.25) is 5.82 Å². The van der Waals surface area contributed by atoms with Gasteiger partial charge in [-0.2, -0.15) is 9.61 Å². The van der Waals surface area contributed by atoms with Gasteiger partial charge in [0.05, 0.1) is 0 Å². The smallest absolute Gasteiger partial charge is 0.272 e. The largest absolute Gasteiger partial charge is 0.347 e. The molecule has 122 valence electrons. The minimum atomic E-state index is -0.278. The molecule has 0 spiro atoms. The zero-order chi connectivity index (χ0) is 17.1. The van der Waals surface area contributed by atoms with Gasteiger partial charge in [-0.1, -0.05) is 30.3 Å². The lowest BCUT2D eigenvalue weighted by Gasteiger charge is -2.05. The fourth-order valence-electron chi connectivity index (χ4n) is 2.33. The Hall–Kier alpha value is -3.68. The lowest BCUT2D eigenvalue weighted by Crippen LogP contribution is -2.24. The fraction of sp³-hybridized carbons (Fsp3) is 0.0588. The molecule has 3 heterocycles. The highest BCUT2D eigenvalue weighted by atomic mass is 16.1. The third kappa shape index (κ3) is 3.05. The molecule has 0 atom stereocenters. The second kappa shape index (κ2) is 6.44. The Morgan fingerprint density at radius 2 is 1.76 bits per heavy atom. The van der Waals surface area contributed by atoms with Gasteiger partial charge in [0.15, 0.2) is 11.5 Å². The molecule has 0 aliphatic heterocycles. The van der Waals surface area contributed by atoms with Crippen molar-refractivity contribution in [2.75, 3.05) is 0 Å². The molecule has 3 aromatic heterocycles. The molecular weight excluding hydrogens is 318 g/mol. The number of amides is 1. The quantitative estimate of drug-likeness (QED) is 0.609. The van der Waals surface area contributed by atoms with E-state index in [1.807, 2.05) is 30.3 Å². The van der Waals surface area contributed by atoms with Crippen LogP contribution in [0, 0.1) is 0 Å². The van der Waals surface area contributed by atoms with Crippen molar-refractivity contribution in [3.63, 3.8) is 0 Å². The van der Waals surface area contributed by atoms with Crippen LogP contribution in [0.2, 0.25) is 0 Å². The van der Waals surface area contributed by atoms with Gasteiger partial charge >= 0.3 is 0 Å². The van der Waals surface area contributed by atoms with Crippen molar-refractivity contribution in [2.45, 2.75) is 6.54 Å². The van der Waals surface area contributed by atoms with E-state index in [1.165, 1.54) is 4.52 Å². The highest BCUT2D eigenvalue weighted by Crippen LogP contribution is 2.12. The maximum absolute atomic E-state index is 12.4. The van der Waals surface area contributed by atoms with E-state index in [-0.39, 0.29) is 11.6 Å². The van der Waals surface area contributed by atoms with Gasteiger partial charge in [0.25, 0.3) is 5.91 Å². The minimum absolute atomic E-state index is 0.264. The molecule has 0 saturated heterocycles. The van der Waals surface area contributed by atoms with E-state index in [0.717, 1.165) is 5.56 Å². The van der Waals surface area contributed by atoms with Crippen LogP contribution < -0.4 is 5.32 Å². The van der Waals surface area contributed by atoms with Gasteiger partial charge in [-0.15, -0.1) is 10.2 Å². The number of nitrogens with one attached hydrogen (secondary N) is 1. The summed E-state index contributed by atoms with van der Waals surface area (Å²) < 4.78 is 1.47. The first-order valence-electron chi connectivity index (χ1n) is 7.63. The Morgan fingerprint density at radius 1 is 0.960 bits per heavy atom. The first-order chi connectivity index (χ1) is 12.3. The average molecular weight is 331 g/mol. The van der Waals surface area contributed by atoms with Crippen LogP contribution in [0.3, 0.4) is 0 Å². The van der Waals surface area contributed by atoms with Crippen LogP contribution in [0.4, 0.5) is 0 Å². The first kappa shape index (κ1) is 14.9. The van der Waals surface area contributed by atoms with Crippen LogP contribution in [0.25, 0.3) is 17.3 Å². The maximum atomic E-state index is 12.4. The number of rotatable bonds is 4. The van der Waals surface area contributed by atoms with Crippen molar-refractivity contribution >= 4 is 11.6 Å². The van der Waals surface area contributed by atoms with Crippen LogP contribution in [0.5, 0.6) is 0 Å². The number of nitrogens with zero attached hydrogens (tertiary/aromatic N) is 6. The van der Waals surface area contributed by atoms with Crippen LogP contribution in [0.1, 0.15) is 16.1 Å². The second-order valence-corrected chi connectivity index (χ2v) is 5.25. The first-order valence-corrected chi connectivity index (χ1v) is 7.63. The van der Waals surface area contributed by atoms with Crippen LogP contribution in [-0.2, 0) is 6.54 Å². The lowest BCUT2D eigenvalue weighted by molar-refractivity contribution is 0.0944. The van der Waals surface area contributed by atoms with Crippen molar-refractivity contribution in [2.24, 2.45) is 0 Å². The maximum Gasteiger partial charge on any atom is 0.272 e. The summed E-state index contributed by atoms with van der Waals surface area (Å²) in [6, 6.07) is 14.7. The van der Waals surface area contributed by atoms with Gasteiger partial charge in [-0.05, 0) is 23.8 Å². The predicted octanol–water partition coefficient (Wildman–Crippen LogP) is 1.51. The molecule has 0 radical (unpaired) electrons. The number of benzene rings is 1. The molecule has 8 nitrogen and oxygen atoms in total. The normalized spacial score (nSPS) is 10.7. The summed E-state index contributed by atoms with van der Waals surface area (Å²) in [6.45, 7) is 0.427. The molecule has 1 N–H and O–H groups in total. The minimum Gasteiger partial charge on any atom is -0.347 e. The molecular formula is C17H13N7O. The molecule has 0 aliphatic carbocycles. The zero-order valence-corrected chi connectivity index (χ0v) is 13.1. The monoisotopic (exact) mass is 331 g/mol. The molecule has 25 heavy (non-hydrogen) atoms. The molecule has 4 rings (SSSR count). The lowest BCUT2D eigenvalue weighted by atomic mass is 10.2. The third-order valence-electron chi connectivity index (χ3n) is 3.56. The van der Waals surface area contributed by atoms with Gasteiger partial charge in [0, 0.05) is 18.9 Å². The molecule has 0 aliphatic rings. The SMILES string of the molecule is O=C(NCc1ccccc1)c1ccc2nnc(-c3ncccn3)n2n1. The van der Waals surface area contributed by atoms with E-state index in [2.05, 4.69) is 30.6 Å². The number of carbonyl (C=O) groups is 1. The van der Waals surface area contributed by atoms with Gasteiger partial charge in [-0.25, -0.2) is 9.97 Å². The summed E-state index contributed by atoms with van der Waals surface area (Å²) in [5.41, 5.74) is 1.79. The van der Waals surface area contributed by atoms with E-state index in [1.54, 1.807) is 30.6 Å². The van der Waals surface area contributed by atoms with Crippen molar-refractivity contribution in [1.29, 1.82) is 0 Å². The zero-order valence-electron chi connectivity index (χ0n) is 13.1. The van der Waals surface area contributed by atoms with E-state index in [9.17, 15) is 4.79 Å². The Kier molecular flexibility index (Phi) is 3.83. The summed E-state index contributed by atoms with van der Waals surface area (Å²) in [5.74, 6) is 0.497. The molecule has 0 saturated carbocycles. The van der Waals surface area contributed by atoms with Crippen molar-refractivity contribution in [1.82, 2.24) is 35.1 Å². The van der Waals surface area contributed by atoms with Crippen LogP contribution in [-0.4, -0.2) is 35.7 Å². The van der Waals surface area contributed by atoms with Gasteiger partial charge < -0.3 is 5.32 Å². The standard InChI is InChI=1S/C17H13N7O/c25-17(20-11-12-5-2-1-3-6-12)13-7-8-14-21-22-16(24(14)23-13)15-18-9-4-10-19-15/h1-10H,11H2,(H,20,25). The third-order valence-corrected chi connectivity index (χ3v) is 3.56.